The molecule has 0 N–H and O–H groups in total. The van der Waals surface area contributed by atoms with Crippen molar-refractivity contribution in [2.24, 2.45) is 0 Å². The normalized spacial score (nSPS) is 11.0. The summed E-state index contributed by atoms with van der Waals surface area (Å²) < 4.78 is 42.5. The monoisotopic (exact) mass is 454 g/mol. The van der Waals surface area contributed by atoms with E-state index in [1.165, 1.54) is 36.2 Å². The van der Waals surface area contributed by atoms with Gasteiger partial charge in [-0.15, -0.1) is 22.7 Å². The van der Waals surface area contributed by atoms with Gasteiger partial charge in [0, 0.05) is 19.8 Å². The van der Waals surface area contributed by atoms with Gasteiger partial charge in [-0.05, 0) is 66.8 Å². The first-order valence-electron chi connectivity index (χ1n) is 10.2. The molecule has 4 aromatic rings. The van der Waals surface area contributed by atoms with Crippen LogP contribution in [0.2, 0.25) is 0 Å². The maximum absolute atomic E-state index is 13.6. The summed E-state index contributed by atoms with van der Waals surface area (Å²) in [5.74, 6) is 2.72. The molecule has 0 bridgehead atoms. The van der Waals surface area contributed by atoms with Crippen molar-refractivity contribution in [1.29, 1.82) is 0 Å². The predicted molar refractivity (Wildman–Crippen MR) is 125 cm³/mol. The van der Waals surface area contributed by atoms with Crippen molar-refractivity contribution < 1.29 is 13.2 Å². The molecule has 31 heavy (non-hydrogen) atoms. The molecule has 0 spiro atoms. The fourth-order valence-electron chi connectivity index (χ4n) is 3.42. The summed E-state index contributed by atoms with van der Waals surface area (Å²) in [6.07, 6.45) is 4.79. The van der Waals surface area contributed by atoms with Crippen LogP contribution >= 0.6 is 22.7 Å². The average Bonchev–Trinajstić information content (AvgIpc) is 3.30. The van der Waals surface area contributed by atoms with E-state index in [2.05, 4.69) is 43.0 Å². The number of thiophene rings is 2. The molecule has 0 aliphatic heterocycles. The number of unbranched alkanes of at least 4 members (excludes halogenated alkanes) is 2. The number of aryl methyl sites for hydroxylation is 2. The summed E-state index contributed by atoms with van der Waals surface area (Å²) >= 11 is 3.00. The quantitative estimate of drug-likeness (QED) is 0.161. The van der Waals surface area contributed by atoms with Gasteiger partial charge in [-0.2, -0.15) is 0 Å². The minimum Gasteiger partial charge on any atom is -0.204 e. The van der Waals surface area contributed by atoms with Crippen molar-refractivity contribution >= 4 is 32.1 Å². The van der Waals surface area contributed by atoms with Crippen LogP contribution in [0.25, 0.3) is 19.8 Å². The number of benzene rings is 2. The van der Waals surface area contributed by atoms with Crippen LogP contribution in [0.15, 0.2) is 42.5 Å². The van der Waals surface area contributed by atoms with Crippen molar-refractivity contribution in [1.82, 2.24) is 0 Å². The molecular weight excluding hydrogens is 433 g/mol. The van der Waals surface area contributed by atoms with Crippen LogP contribution in [0, 0.1) is 36.2 Å². The van der Waals surface area contributed by atoms with Crippen molar-refractivity contribution in [3.63, 3.8) is 0 Å². The summed E-state index contributed by atoms with van der Waals surface area (Å²) in [6.45, 7) is 4.21. The highest BCUT2D eigenvalue weighted by molar-refractivity contribution is 7.30. The number of fused-ring (bicyclic) bond motifs is 1. The van der Waals surface area contributed by atoms with E-state index in [0.717, 1.165) is 44.0 Å². The third-order valence-electron chi connectivity index (χ3n) is 5.20. The Balaban J connectivity index is 1.56. The van der Waals surface area contributed by atoms with Gasteiger partial charge in [0.05, 0.1) is 4.88 Å². The molecule has 0 aliphatic carbocycles. The predicted octanol–water partition coefficient (Wildman–Crippen LogP) is 8.49. The van der Waals surface area contributed by atoms with Gasteiger partial charge in [0.25, 0.3) is 0 Å². The fraction of sp³-hybridized carbons (Fsp3) is 0.231. The van der Waals surface area contributed by atoms with E-state index in [1.807, 2.05) is 13.0 Å². The molecule has 0 fully saturated rings. The highest BCUT2D eigenvalue weighted by Gasteiger charge is 2.16. The van der Waals surface area contributed by atoms with Crippen molar-refractivity contribution in [3.05, 3.63) is 81.5 Å². The lowest BCUT2D eigenvalue weighted by atomic mass is 10.1. The Bertz CT molecular complexity index is 1260. The summed E-state index contributed by atoms with van der Waals surface area (Å²) in [6, 6.07) is 12.4. The van der Waals surface area contributed by atoms with Gasteiger partial charge in [0.1, 0.15) is 0 Å². The lowest BCUT2D eigenvalue weighted by molar-refractivity contribution is 0.448. The van der Waals surface area contributed by atoms with Gasteiger partial charge in [-0.1, -0.05) is 43.7 Å². The second-order valence-electron chi connectivity index (χ2n) is 7.52. The van der Waals surface area contributed by atoms with E-state index in [0.29, 0.717) is 10.4 Å². The molecule has 0 amide bonds. The second-order valence-corrected chi connectivity index (χ2v) is 9.62. The topological polar surface area (TPSA) is 0 Å². The maximum atomic E-state index is 13.6. The van der Waals surface area contributed by atoms with Gasteiger partial charge < -0.3 is 0 Å². The number of hydrogen-bond donors (Lipinski definition) is 0. The first-order chi connectivity index (χ1) is 15.0. The SMILES string of the molecule is CCCCCc1ccc(C#Cc2sc3cc(-c4cc(F)c(F)c(F)c4)sc3c2C)cc1. The van der Waals surface area contributed by atoms with Crippen LogP contribution in [0.3, 0.4) is 0 Å². The Kier molecular flexibility index (Phi) is 6.50. The zero-order valence-corrected chi connectivity index (χ0v) is 19.0. The van der Waals surface area contributed by atoms with E-state index in [1.54, 1.807) is 11.3 Å². The Morgan fingerprint density at radius 3 is 2.23 bits per heavy atom. The van der Waals surface area contributed by atoms with Crippen LogP contribution in [0.5, 0.6) is 0 Å². The Morgan fingerprint density at radius 2 is 1.58 bits per heavy atom. The third kappa shape index (κ3) is 4.71. The molecule has 0 unspecified atom stereocenters. The van der Waals surface area contributed by atoms with Crippen LogP contribution in [-0.2, 0) is 6.42 Å². The molecule has 0 nitrogen and oxygen atoms in total. The molecule has 158 valence electrons. The van der Waals surface area contributed by atoms with E-state index in [-0.39, 0.29) is 0 Å². The van der Waals surface area contributed by atoms with E-state index in [9.17, 15) is 13.2 Å². The zero-order valence-electron chi connectivity index (χ0n) is 17.3. The van der Waals surface area contributed by atoms with Crippen molar-refractivity contribution in [2.45, 2.75) is 39.5 Å². The lowest BCUT2D eigenvalue weighted by Crippen LogP contribution is -1.90. The first kappa shape index (κ1) is 21.7. The molecule has 0 radical (unpaired) electrons. The Labute approximate surface area is 188 Å². The number of rotatable bonds is 5. The minimum atomic E-state index is -1.44. The third-order valence-corrected chi connectivity index (χ3v) is 7.79. The van der Waals surface area contributed by atoms with Crippen LogP contribution in [-0.4, -0.2) is 0 Å². The largest absolute Gasteiger partial charge is 0.204 e. The molecule has 5 heteroatoms. The van der Waals surface area contributed by atoms with Crippen LogP contribution < -0.4 is 0 Å². The molecule has 2 aromatic carbocycles. The molecule has 2 heterocycles. The molecule has 0 atom stereocenters. The summed E-state index contributed by atoms with van der Waals surface area (Å²) in [4.78, 5) is 1.69. The van der Waals surface area contributed by atoms with Crippen molar-refractivity contribution in [2.75, 3.05) is 0 Å². The van der Waals surface area contributed by atoms with Gasteiger partial charge in [0.2, 0.25) is 0 Å². The Morgan fingerprint density at radius 1 is 0.871 bits per heavy atom. The molecule has 4 rings (SSSR count). The highest BCUT2D eigenvalue weighted by atomic mass is 32.1. The smallest absolute Gasteiger partial charge is 0.194 e. The summed E-state index contributed by atoms with van der Waals surface area (Å²) in [5, 5.41) is 0. The van der Waals surface area contributed by atoms with E-state index < -0.39 is 17.5 Å². The van der Waals surface area contributed by atoms with Gasteiger partial charge in [-0.3, -0.25) is 0 Å². The van der Waals surface area contributed by atoms with Crippen LogP contribution in [0.1, 0.15) is 47.8 Å². The zero-order chi connectivity index (χ0) is 22.0. The first-order valence-corrected chi connectivity index (χ1v) is 11.9. The van der Waals surface area contributed by atoms with Gasteiger partial charge in [-0.25, -0.2) is 13.2 Å². The van der Waals surface area contributed by atoms with E-state index in [4.69, 9.17) is 0 Å². The maximum Gasteiger partial charge on any atom is 0.194 e. The van der Waals surface area contributed by atoms with Crippen LogP contribution in [0.4, 0.5) is 13.2 Å². The van der Waals surface area contributed by atoms with E-state index >= 15 is 0 Å². The summed E-state index contributed by atoms with van der Waals surface area (Å²) in [7, 11) is 0. The molecule has 0 aliphatic rings. The second kappa shape index (κ2) is 9.30. The van der Waals surface area contributed by atoms with Gasteiger partial charge in [0.15, 0.2) is 17.5 Å². The molecule has 0 saturated carbocycles. The highest BCUT2D eigenvalue weighted by Crippen LogP contribution is 2.41. The summed E-state index contributed by atoms with van der Waals surface area (Å²) in [5.41, 5.74) is 3.72. The molecular formula is C26H21F3S2. The molecule has 0 saturated heterocycles. The lowest BCUT2D eigenvalue weighted by Gasteiger charge is -2.00. The minimum absolute atomic E-state index is 0.343. The Hall–Kier alpha value is -2.55. The standard InChI is InChI=1S/C26H21F3S2/c1-3-4-5-6-17-7-9-18(10-8-17)11-12-22-16(2)26-24(30-22)15-23(31-26)19-13-20(27)25(29)21(28)14-19/h7-10,13-15H,3-6H2,1-2H3. The van der Waals surface area contributed by atoms with Gasteiger partial charge >= 0.3 is 0 Å². The number of hydrogen-bond acceptors (Lipinski definition) is 2. The number of halogens is 3. The molecule has 2 aromatic heterocycles. The fourth-order valence-corrected chi connectivity index (χ4v) is 5.86. The van der Waals surface area contributed by atoms with Crippen molar-refractivity contribution in [3.8, 4) is 22.3 Å². The average molecular weight is 455 g/mol.